The second kappa shape index (κ2) is 6.38. The molecule has 1 fully saturated rings. The van der Waals surface area contributed by atoms with E-state index >= 15 is 0 Å². The first-order valence-corrected chi connectivity index (χ1v) is 8.62. The van der Waals surface area contributed by atoms with Gasteiger partial charge in [0.15, 0.2) is 9.84 Å². The van der Waals surface area contributed by atoms with E-state index in [9.17, 15) is 8.42 Å². The van der Waals surface area contributed by atoms with Gasteiger partial charge in [0.05, 0.1) is 22.3 Å². The third-order valence-electron chi connectivity index (χ3n) is 3.76. The van der Waals surface area contributed by atoms with Crippen molar-refractivity contribution in [2.24, 2.45) is 5.92 Å². The van der Waals surface area contributed by atoms with Crippen molar-refractivity contribution >= 4 is 9.84 Å². The molecule has 2 rings (SSSR count). The predicted octanol–water partition coefficient (Wildman–Crippen LogP) is 2.06. The second-order valence-electron chi connectivity index (χ2n) is 5.50. The fourth-order valence-corrected chi connectivity index (χ4v) is 3.88. The number of nitriles is 1. The molecular weight excluding hydrogens is 272 g/mol. The first kappa shape index (κ1) is 15.0. The van der Waals surface area contributed by atoms with E-state index < -0.39 is 9.84 Å². The molecule has 0 amide bonds. The van der Waals surface area contributed by atoms with Gasteiger partial charge in [-0.1, -0.05) is 6.92 Å². The number of piperidine rings is 1. The summed E-state index contributed by atoms with van der Waals surface area (Å²) in [4.78, 5) is 2.54. The average molecular weight is 292 g/mol. The summed E-state index contributed by atoms with van der Waals surface area (Å²) >= 11 is 0. The molecule has 0 N–H and O–H groups in total. The molecule has 0 saturated carbocycles. The molecule has 1 aromatic carbocycles. The van der Waals surface area contributed by atoms with Gasteiger partial charge in [-0.15, -0.1) is 0 Å². The summed E-state index contributed by atoms with van der Waals surface area (Å²) in [5, 5.41) is 8.72. The van der Waals surface area contributed by atoms with Crippen LogP contribution in [0.5, 0.6) is 0 Å². The molecule has 1 aliphatic heterocycles. The first-order chi connectivity index (χ1) is 9.51. The molecule has 0 bridgehead atoms. The maximum Gasteiger partial charge on any atom is 0.179 e. The van der Waals surface area contributed by atoms with Crippen molar-refractivity contribution in [2.75, 3.05) is 25.4 Å². The summed E-state index contributed by atoms with van der Waals surface area (Å²) in [6, 6.07) is 8.14. The van der Waals surface area contributed by atoms with E-state index in [4.69, 9.17) is 5.26 Å². The smallest absolute Gasteiger partial charge is 0.179 e. The van der Waals surface area contributed by atoms with Gasteiger partial charge < -0.3 is 4.90 Å². The Balaban J connectivity index is 1.98. The molecule has 5 heteroatoms. The summed E-state index contributed by atoms with van der Waals surface area (Å²) < 4.78 is 24.5. The summed E-state index contributed by atoms with van der Waals surface area (Å²) in [6.07, 6.45) is 2.39. The van der Waals surface area contributed by atoms with Crippen molar-refractivity contribution in [1.82, 2.24) is 4.90 Å². The van der Waals surface area contributed by atoms with Crippen LogP contribution in [-0.2, 0) is 9.84 Å². The third-order valence-corrected chi connectivity index (χ3v) is 5.47. The molecule has 108 valence electrons. The largest absolute Gasteiger partial charge is 0.302 e. The van der Waals surface area contributed by atoms with Gasteiger partial charge in [-0.25, -0.2) is 8.42 Å². The fourth-order valence-electron chi connectivity index (χ4n) is 2.59. The van der Waals surface area contributed by atoms with E-state index in [1.54, 1.807) is 12.1 Å². The highest BCUT2D eigenvalue weighted by molar-refractivity contribution is 7.91. The molecule has 0 aromatic heterocycles. The highest BCUT2D eigenvalue weighted by atomic mass is 32.2. The zero-order valence-electron chi connectivity index (χ0n) is 11.7. The van der Waals surface area contributed by atoms with E-state index in [-0.39, 0.29) is 5.75 Å². The van der Waals surface area contributed by atoms with Crippen LogP contribution in [0.1, 0.15) is 25.3 Å². The van der Waals surface area contributed by atoms with Crippen LogP contribution in [0.3, 0.4) is 0 Å². The lowest BCUT2D eigenvalue weighted by Gasteiger charge is -2.30. The molecule has 20 heavy (non-hydrogen) atoms. The topological polar surface area (TPSA) is 61.2 Å². The van der Waals surface area contributed by atoms with Gasteiger partial charge in [-0.3, -0.25) is 0 Å². The van der Waals surface area contributed by atoms with Crippen molar-refractivity contribution in [3.8, 4) is 6.07 Å². The number of benzene rings is 1. The highest BCUT2D eigenvalue weighted by Crippen LogP contribution is 2.17. The van der Waals surface area contributed by atoms with Crippen LogP contribution >= 0.6 is 0 Å². The van der Waals surface area contributed by atoms with E-state index in [0.717, 1.165) is 19.5 Å². The Morgan fingerprint density at radius 3 is 2.65 bits per heavy atom. The monoisotopic (exact) mass is 292 g/mol. The van der Waals surface area contributed by atoms with Crippen molar-refractivity contribution < 1.29 is 8.42 Å². The number of hydrogen-bond acceptors (Lipinski definition) is 4. The zero-order chi connectivity index (χ0) is 14.6. The highest BCUT2D eigenvalue weighted by Gasteiger charge is 2.20. The Morgan fingerprint density at radius 2 is 2.05 bits per heavy atom. The van der Waals surface area contributed by atoms with Gasteiger partial charge >= 0.3 is 0 Å². The van der Waals surface area contributed by atoms with Crippen molar-refractivity contribution in [2.45, 2.75) is 24.7 Å². The number of sulfone groups is 1. The summed E-state index contributed by atoms with van der Waals surface area (Å²) in [6.45, 7) is 4.78. The Morgan fingerprint density at radius 1 is 1.35 bits per heavy atom. The van der Waals surface area contributed by atoms with Gasteiger partial charge in [-0.05, 0) is 49.6 Å². The fraction of sp³-hybridized carbons (Fsp3) is 0.533. The normalized spacial score (nSPS) is 20.5. The maximum absolute atomic E-state index is 12.2. The predicted molar refractivity (Wildman–Crippen MR) is 78.0 cm³/mol. The second-order valence-corrected chi connectivity index (χ2v) is 7.61. The van der Waals surface area contributed by atoms with E-state index in [1.165, 1.54) is 18.6 Å². The molecule has 1 aliphatic rings. The van der Waals surface area contributed by atoms with Crippen LogP contribution in [0, 0.1) is 17.2 Å². The number of likely N-dealkylation sites (tertiary alicyclic amines) is 1. The lowest BCUT2D eigenvalue weighted by atomic mass is 10.0. The SMILES string of the molecule is CC1CCCN(CCS(=O)(=O)c2ccc(C#N)cc2)C1. The number of rotatable bonds is 4. The van der Waals surface area contributed by atoms with Crippen LogP contribution in [0.4, 0.5) is 0 Å². The minimum atomic E-state index is -3.25. The Bertz CT molecular complexity index is 587. The maximum atomic E-state index is 12.2. The molecule has 1 unspecified atom stereocenters. The first-order valence-electron chi connectivity index (χ1n) is 6.96. The van der Waals surface area contributed by atoms with Crippen molar-refractivity contribution in [1.29, 1.82) is 5.26 Å². The van der Waals surface area contributed by atoms with Crippen LogP contribution in [0.15, 0.2) is 29.2 Å². The van der Waals surface area contributed by atoms with Crippen LogP contribution < -0.4 is 0 Å². The van der Waals surface area contributed by atoms with Gasteiger partial charge in [-0.2, -0.15) is 5.26 Å². The van der Waals surface area contributed by atoms with E-state index in [0.29, 0.717) is 22.9 Å². The summed E-state index contributed by atoms with van der Waals surface area (Å²) in [5.74, 6) is 0.799. The zero-order valence-corrected chi connectivity index (χ0v) is 12.6. The summed E-state index contributed by atoms with van der Waals surface area (Å²) in [7, 11) is -3.25. The summed E-state index contributed by atoms with van der Waals surface area (Å²) in [5.41, 5.74) is 0.480. The van der Waals surface area contributed by atoms with Crippen LogP contribution in [0.2, 0.25) is 0 Å². The van der Waals surface area contributed by atoms with Gasteiger partial charge in [0.25, 0.3) is 0 Å². The number of hydrogen-bond donors (Lipinski definition) is 0. The van der Waals surface area contributed by atoms with Gasteiger partial charge in [0.2, 0.25) is 0 Å². The third kappa shape index (κ3) is 3.81. The van der Waals surface area contributed by atoms with Crippen LogP contribution in [-0.4, -0.2) is 38.7 Å². The Labute approximate surface area is 120 Å². The Kier molecular flexibility index (Phi) is 4.79. The Hall–Kier alpha value is -1.38. The van der Waals surface area contributed by atoms with Crippen LogP contribution in [0.25, 0.3) is 0 Å². The molecule has 1 aromatic rings. The van der Waals surface area contributed by atoms with Crippen molar-refractivity contribution in [3.63, 3.8) is 0 Å². The molecule has 0 aliphatic carbocycles. The van der Waals surface area contributed by atoms with E-state index in [2.05, 4.69) is 11.8 Å². The molecular formula is C15H20N2O2S. The quantitative estimate of drug-likeness (QED) is 0.852. The minimum absolute atomic E-state index is 0.144. The minimum Gasteiger partial charge on any atom is -0.302 e. The average Bonchev–Trinajstić information content (AvgIpc) is 2.45. The molecule has 0 radical (unpaired) electrons. The molecule has 1 atom stereocenters. The molecule has 1 saturated heterocycles. The molecule has 4 nitrogen and oxygen atoms in total. The standard InChI is InChI=1S/C15H20N2O2S/c1-13-3-2-8-17(12-13)9-10-20(18,19)15-6-4-14(11-16)5-7-15/h4-7,13H,2-3,8-10,12H2,1H3. The lowest BCUT2D eigenvalue weighted by Crippen LogP contribution is -2.37. The van der Waals surface area contributed by atoms with Gasteiger partial charge in [0.1, 0.15) is 0 Å². The molecule has 1 heterocycles. The lowest BCUT2D eigenvalue weighted by molar-refractivity contribution is 0.193. The van der Waals surface area contributed by atoms with Crippen molar-refractivity contribution in [3.05, 3.63) is 29.8 Å². The van der Waals surface area contributed by atoms with E-state index in [1.807, 2.05) is 6.07 Å². The number of nitrogens with zero attached hydrogens (tertiary/aromatic N) is 2. The molecule has 0 spiro atoms. The van der Waals surface area contributed by atoms with Gasteiger partial charge in [0, 0.05) is 13.1 Å².